The highest BCUT2D eigenvalue weighted by molar-refractivity contribution is 5.55. The van der Waals surface area contributed by atoms with Gasteiger partial charge in [-0.05, 0) is 32.4 Å². The lowest BCUT2D eigenvalue weighted by atomic mass is 10.1. The van der Waals surface area contributed by atoms with Gasteiger partial charge in [-0.25, -0.2) is 0 Å². The van der Waals surface area contributed by atoms with Crippen LogP contribution in [0.25, 0.3) is 11.4 Å². The van der Waals surface area contributed by atoms with Gasteiger partial charge in [0.15, 0.2) is 0 Å². The van der Waals surface area contributed by atoms with Crippen LogP contribution in [0.5, 0.6) is 0 Å². The number of aryl methyl sites for hydroxylation is 1. The van der Waals surface area contributed by atoms with E-state index >= 15 is 0 Å². The van der Waals surface area contributed by atoms with Crippen LogP contribution >= 0.6 is 0 Å². The molecule has 0 aliphatic carbocycles. The van der Waals surface area contributed by atoms with Crippen LogP contribution in [0.3, 0.4) is 0 Å². The summed E-state index contributed by atoms with van der Waals surface area (Å²) in [6, 6.07) is 8.65. The van der Waals surface area contributed by atoms with Gasteiger partial charge in [-0.1, -0.05) is 28.9 Å². The first-order valence-electron chi connectivity index (χ1n) is 6.44. The van der Waals surface area contributed by atoms with Crippen LogP contribution in [0.4, 0.5) is 0 Å². The zero-order valence-electron chi connectivity index (χ0n) is 10.5. The Kier molecular flexibility index (Phi) is 3.11. The van der Waals surface area contributed by atoms with Crippen molar-refractivity contribution in [1.82, 2.24) is 15.5 Å². The fraction of sp³-hybridized carbons (Fsp3) is 0.429. The maximum atomic E-state index is 5.32. The Hall–Kier alpha value is -1.68. The Morgan fingerprint density at radius 3 is 3.17 bits per heavy atom. The minimum absolute atomic E-state index is 0.496. The molecule has 0 radical (unpaired) electrons. The molecule has 1 aliphatic heterocycles. The Morgan fingerprint density at radius 1 is 1.44 bits per heavy atom. The van der Waals surface area contributed by atoms with Gasteiger partial charge in [0.2, 0.25) is 11.7 Å². The van der Waals surface area contributed by atoms with E-state index in [9.17, 15) is 0 Å². The van der Waals surface area contributed by atoms with Gasteiger partial charge in [0, 0.05) is 18.0 Å². The van der Waals surface area contributed by atoms with Gasteiger partial charge in [0.25, 0.3) is 0 Å². The molecule has 2 aromatic rings. The van der Waals surface area contributed by atoms with Crippen molar-refractivity contribution in [2.75, 3.05) is 6.54 Å². The maximum absolute atomic E-state index is 5.32. The molecule has 94 valence electrons. The summed E-state index contributed by atoms with van der Waals surface area (Å²) >= 11 is 0. The van der Waals surface area contributed by atoms with Crippen molar-refractivity contribution in [2.45, 2.75) is 32.2 Å². The fourth-order valence-corrected chi connectivity index (χ4v) is 2.38. The predicted molar refractivity (Wildman–Crippen MR) is 69.2 cm³/mol. The van der Waals surface area contributed by atoms with Crippen LogP contribution < -0.4 is 5.32 Å². The first kappa shape index (κ1) is 11.4. The molecule has 0 spiro atoms. The Bertz CT molecular complexity index is 529. The molecule has 1 N–H and O–H groups in total. The van der Waals surface area contributed by atoms with Gasteiger partial charge in [0.1, 0.15) is 0 Å². The highest BCUT2D eigenvalue weighted by Crippen LogP contribution is 2.18. The van der Waals surface area contributed by atoms with E-state index in [2.05, 4.69) is 34.5 Å². The minimum atomic E-state index is 0.496. The van der Waals surface area contributed by atoms with Gasteiger partial charge in [0.05, 0.1) is 0 Å². The van der Waals surface area contributed by atoms with Gasteiger partial charge >= 0.3 is 0 Å². The number of benzene rings is 1. The van der Waals surface area contributed by atoms with Crippen LogP contribution in [-0.2, 0) is 6.42 Å². The SMILES string of the molecule is Cc1cccc(-c2noc(CC3CCCN3)n2)c1. The zero-order chi connectivity index (χ0) is 12.4. The van der Waals surface area contributed by atoms with E-state index in [-0.39, 0.29) is 0 Å². The molecular formula is C14H17N3O. The van der Waals surface area contributed by atoms with Crippen molar-refractivity contribution in [3.63, 3.8) is 0 Å². The molecule has 1 fully saturated rings. The third-order valence-electron chi connectivity index (χ3n) is 3.33. The Morgan fingerprint density at radius 2 is 2.39 bits per heavy atom. The highest BCUT2D eigenvalue weighted by atomic mass is 16.5. The maximum Gasteiger partial charge on any atom is 0.228 e. The molecule has 1 unspecified atom stereocenters. The van der Waals surface area contributed by atoms with Gasteiger partial charge in [-0.15, -0.1) is 0 Å². The van der Waals surface area contributed by atoms with Crippen LogP contribution in [0.2, 0.25) is 0 Å². The number of nitrogens with one attached hydrogen (secondary N) is 1. The van der Waals surface area contributed by atoms with Crippen LogP contribution in [0.1, 0.15) is 24.3 Å². The molecule has 3 rings (SSSR count). The third-order valence-corrected chi connectivity index (χ3v) is 3.33. The van der Waals surface area contributed by atoms with Crippen molar-refractivity contribution in [2.24, 2.45) is 0 Å². The molecule has 2 heterocycles. The normalized spacial score (nSPS) is 19.3. The lowest BCUT2D eigenvalue weighted by molar-refractivity contribution is 0.364. The van der Waals surface area contributed by atoms with Crippen molar-refractivity contribution < 1.29 is 4.52 Å². The molecule has 1 aromatic heterocycles. The molecule has 1 saturated heterocycles. The largest absolute Gasteiger partial charge is 0.339 e. The van der Waals surface area contributed by atoms with Crippen LogP contribution in [0, 0.1) is 6.92 Å². The van der Waals surface area contributed by atoms with E-state index in [1.54, 1.807) is 0 Å². The van der Waals surface area contributed by atoms with Crippen LogP contribution in [0.15, 0.2) is 28.8 Å². The molecule has 0 bridgehead atoms. The van der Waals surface area contributed by atoms with Crippen molar-refractivity contribution in [1.29, 1.82) is 0 Å². The number of aromatic nitrogens is 2. The first-order chi connectivity index (χ1) is 8.81. The van der Waals surface area contributed by atoms with Gasteiger partial charge in [-0.2, -0.15) is 4.98 Å². The van der Waals surface area contributed by atoms with Gasteiger partial charge in [-0.3, -0.25) is 0 Å². The summed E-state index contributed by atoms with van der Waals surface area (Å²) in [6.07, 6.45) is 3.27. The number of hydrogen-bond acceptors (Lipinski definition) is 4. The highest BCUT2D eigenvalue weighted by Gasteiger charge is 2.18. The summed E-state index contributed by atoms with van der Waals surface area (Å²) in [7, 11) is 0. The Balaban J connectivity index is 1.76. The lowest BCUT2D eigenvalue weighted by Gasteiger charge is -2.04. The summed E-state index contributed by atoms with van der Waals surface area (Å²) in [5.41, 5.74) is 2.22. The summed E-state index contributed by atoms with van der Waals surface area (Å²) < 4.78 is 5.32. The van der Waals surface area contributed by atoms with E-state index in [1.807, 2.05) is 12.1 Å². The topological polar surface area (TPSA) is 51.0 Å². The minimum Gasteiger partial charge on any atom is -0.339 e. The summed E-state index contributed by atoms with van der Waals surface area (Å²) in [6.45, 7) is 3.16. The molecule has 0 amide bonds. The summed E-state index contributed by atoms with van der Waals surface area (Å²) in [5, 5.41) is 7.49. The monoisotopic (exact) mass is 243 g/mol. The second-order valence-corrected chi connectivity index (χ2v) is 4.88. The lowest BCUT2D eigenvalue weighted by Crippen LogP contribution is -2.23. The molecule has 0 saturated carbocycles. The zero-order valence-corrected chi connectivity index (χ0v) is 10.5. The quantitative estimate of drug-likeness (QED) is 0.899. The van der Waals surface area contributed by atoms with Crippen molar-refractivity contribution in [3.8, 4) is 11.4 Å². The number of hydrogen-bond donors (Lipinski definition) is 1. The number of rotatable bonds is 3. The van der Waals surface area contributed by atoms with E-state index < -0.39 is 0 Å². The molecule has 1 aromatic carbocycles. The third kappa shape index (κ3) is 2.43. The molecule has 1 aliphatic rings. The average Bonchev–Trinajstić information content (AvgIpc) is 3.01. The van der Waals surface area contributed by atoms with Crippen LogP contribution in [-0.4, -0.2) is 22.7 Å². The molecule has 4 nitrogen and oxygen atoms in total. The standard InChI is InChI=1S/C14H17N3O/c1-10-4-2-5-11(8-10)14-16-13(18-17-14)9-12-6-3-7-15-12/h2,4-5,8,12,15H,3,6-7,9H2,1H3. The van der Waals surface area contributed by atoms with E-state index in [4.69, 9.17) is 4.52 Å². The fourth-order valence-electron chi connectivity index (χ4n) is 2.38. The predicted octanol–water partition coefficient (Wildman–Crippen LogP) is 2.34. The smallest absolute Gasteiger partial charge is 0.228 e. The van der Waals surface area contributed by atoms with E-state index in [0.29, 0.717) is 11.9 Å². The summed E-state index contributed by atoms with van der Waals surface area (Å²) in [5.74, 6) is 1.41. The Labute approximate surface area is 106 Å². The van der Waals surface area contributed by atoms with Crippen molar-refractivity contribution in [3.05, 3.63) is 35.7 Å². The van der Waals surface area contributed by atoms with E-state index in [0.717, 1.165) is 24.4 Å². The molecule has 4 heteroatoms. The average molecular weight is 243 g/mol. The van der Waals surface area contributed by atoms with Gasteiger partial charge < -0.3 is 9.84 Å². The second kappa shape index (κ2) is 4.90. The summed E-state index contributed by atoms with van der Waals surface area (Å²) in [4.78, 5) is 4.47. The molecule has 1 atom stereocenters. The second-order valence-electron chi connectivity index (χ2n) is 4.88. The van der Waals surface area contributed by atoms with Crippen molar-refractivity contribution >= 4 is 0 Å². The molecule has 18 heavy (non-hydrogen) atoms. The first-order valence-corrected chi connectivity index (χ1v) is 6.44. The number of nitrogens with zero attached hydrogens (tertiary/aromatic N) is 2. The molecular weight excluding hydrogens is 226 g/mol. The van der Waals surface area contributed by atoms with E-state index in [1.165, 1.54) is 18.4 Å².